The maximum atomic E-state index is 13.1. The molecule has 3 amide bonds. The Labute approximate surface area is 211 Å². The van der Waals surface area contributed by atoms with Gasteiger partial charge in [-0.25, -0.2) is 4.79 Å². The largest absolute Gasteiger partial charge is 0.508 e. The number of phenols is 1. The van der Waals surface area contributed by atoms with Crippen molar-refractivity contribution in [2.45, 2.75) is 84.2 Å². The Morgan fingerprint density at radius 2 is 1.36 bits per heavy atom. The van der Waals surface area contributed by atoms with Crippen LogP contribution in [0, 0.1) is 11.8 Å². The first-order chi connectivity index (χ1) is 16.8. The van der Waals surface area contributed by atoms with Crippen LogP contribution in [-0.4, -0.2) is 69.3 Å². The molecule has 0 saturated heterocycles. The van der Waals surface area contributed by atoms with Gasteiger partial charge in [-0.2, -0.15) is 0 Å². The highest BCUT2D eigenvalue weighted by atomic mass is 16.4. The smallest absolute Gasteiger partial charge is 0.326 e. The molecular weight excluding hydrogens is 468 g/mol. The summed E-state index contributed by atoms with van der Waals surface area (Å²) in [5.74, 6) is -3.92. The quantitative estimate of drug-likeness (QED) is 0.186. The molecule has 8 N–H and O–H groups in total. The number of carboxylic acids is 1. The molecule has 0 aliphatic rings. The van der Waals surface area contributed by atoms with E-state index < -0.39 is 54.0 Å². The van der Waals surface area contributed by atoms with Crippen molar-refractivity contribution < 1.29 is 34.5 Å². The summed E-state index contributed by atoms with van der Waals surface area (Å²) in [6.07, 6.45) is -0.200. The van der Waals surface area contributed by atoms with E-state index in [9.17, 15) is 34.5 Å². The lowest BCUT2D eigenvalue weighted by molar-refractivity contribution is -0.144. The maximum Gasteiger partial charge on any atom is 0.326 e. The molecule has 1 rings (SSSR count). The van der Waals surface area contributed by atoms with Gasteiger partial charge in [0.25, 0.3) is 0 Å². The van der Waals surface area contributed by atoms with E-state index in [4.69, 9.17) is 5.73 Å². The van der Waals surface area contributed by atoms with Crippen LogP contribution >= 0.6 is 0 Å². The van der Waals surface area contributed by atoms with Gasteiger partial charge < -0.3 is 37.0 Å². The van der Waals surface area contributed by atoms with Crippen molar-refractivity contribution in [3.63, 3.8) is 0 Å². The summed E-state index contributed by atoms with van der Waals surface area (Å²) in [7, 11) is 0. The number of nitrogens with two attached hydrogens (primary N) is 1. The van der Waals surface area contributed by atoms with E-state index in [0.29, 0.717) is 18.4 Å². The number of carboxylic acid groups (broad SMARTS) is 1. The highest BCUT2D eigenvalue weighted by Crippen LogP contribution is 2.13. The van der Waals surface area contributed by atoms with Gasteiger partial charge in [0, 0.05) is 6.42 Å². The number of carbonyl (C=O) groups excluding carboxylic acids is 3. The average molecular weight is 509 g/mol. The molecule has 0 aliphatic carbocycles. The molecule has 36 heavy (non-hydrogen) atoms. The average Bonchev–Trinajstić information content (AvgIpc) is 2.84. The van der Waals surface area contributed by atoms with Gasteiger partial charge >= 0.3 is 5.97 Å². The SMILES string of the molecule is CCC(C)C(N)C(=O)NC(C(=O)NC(Cc1ccc(O)cc1)C(=O)NC(C(=O)O)C(C)CC)C(C)O. The van der Waals surface area contributed by atoms with Crippen LogP contribution in [0.2, 0.25) is 0 Å². The first kappa shape index (κ1) is 30.9. The van der Waals surface area contributed by atoms with E-state index in [1.54, 1.807) is 32.9 Å². The third-order valence-electron chi connectivity index (χ3n) is 6.41. The lowest BCUT2D eigenvalue weighted by atomic mass is 9.97. The Balaban J connectivity index is 3.17. The second-order valence-corrected chi connectivity index (χ2v) is 9.28. The number of amides is 3. The van der Waals surface area contributed by atoms with Crippen LogP contribution in [0.5, 0.6) is 5.75 Å². The molecule has 0 radical (unpaired) electrons. The number of aromatic hydroxyl groups is 1. The maximum absolute atomic E-state index is 13.1. The normalized spacial score (nSPS) is 17.0. The minimum absolute atomic E-state index is 0.0148. The fraction of sp³-hybridized carbons (Fsp3) is 0.600. The third-order valence-corrected chi connectivity index (χ3v) is 6.41. The highest BCUT2D eigenvalue weighted by molar-refractivity contribution is 5.94. The van der Waals surface area contributed by atoms with Crippen molar-refractivity contribution in [1.29, 1.82) is 0 Å². The highest BCUT2D eigenvalue weighted by Gasteiger charge is 2.34. The van der Waals surface area contributed by atoms with Crippen molar-refractivity contribution in [2.75, 3.05) is 0 Å². The minimum atomic E-state index is -1.40. The summed E-state index contributed by atoms with van der Waals surface area (Å²) >= 11 is 0. The van der Waals surface area contributed by atoms with E-state index in [0.717, 1.165) is 0 Å². The Kier molecular flexibility index (Phi) is 12.3. The summed E-state index contributed by atoms with van der Waals surface area (Å²) in [6.45, 7) is 8.45. The molecule has 11 nitrogen and oxygen atoms in total. The number of nitrogens with one attached hydrogen (secondary N) is 3. The van der Waals surface area contributed by atoms with E-state index in [2.05, 4.69) is 16.0 Å². The van der Waals surface area contributed by atoms with E-state index in [1.807, 2.05) is 6.92 Å². The van der Waals surface area contributed by atoms with Crippen molar-refractivity contribution in [2.24, 2.45) is 17.6 Å². The second-order valence-electron chi connectivity index (χ2n) is 9.28. The number of rotatable bonds is 14. The standard InChI is InChI=1S/C25H40N4O7/c1-6-13(3)19(26)23(33)29-21(15(5)30)24(34)27-18(12-16-8-10-17(31)11-9-16)22(32)28-20(25(35)36)14(4)7-2/h8-11,13-15,18-21,30-31H,6-7,12,26H2,1-5H3,(H,27,34)(H,28,32)(H,29,33)(H,35,36). The van der Waals surface area contributed by atoms with Crippen molar-refractivity contribution in [3.8, 4) is 5.75 Å². The van der Waals surface area contributed by atoms with Gasteiger partial charge in [-0.15, -0.1) is 0 Å². The van der Waals surface area contributed by atoms with Crippen LogP contribution in [0.15, 0.2) is 24.3 Å². The Hall–Kier alpha value is -3.18. The molecule has 202 valence electrons. The van der Waals surface area contributed by atoms with Gasteiger partial charge in [0.1, 0.15) is 23.9 Å². The van der Waals surface area contributed by atoms with Crippen LogP contribution in [0.3, 0.4) is 0 Å². The lowest BCUT2D eigenvalue weighted by Crippen LogP contribution is -2.61. The summed E-state index contributed by atoms with van der Waals surface area (Å²) in [4.78, 5) is 50.5. The minimum Gasteiger partial charge on any atom is -0.508 e. The molecule has 0 bridgehead atoms. The van der Waals surface area contributed by atoms with E-state index >= 15 is 0 Å². The molecular formula is C25H40N4O7. The predicted molar refractivity (Wildman–Crippen MR) is 134 cm³/mol. The Morgan fingerprint density at radius 3 is 1.83 bits per heavy atom. The first-order valence-electron chi connectivity index (χ1n) is 12.2. The van der Waals surface area contributed by atoms with Crippen molar-refractivity contribution >= 4 is 23.7 Å². The topological polar surface area (TPSA) is 191 Å². The van der Waals surface area contributed by atoms with E-state index in [-0.39, 0.29) is 24.0 Å². The van der Waals surface area contributed by atoms with Crippen molar-refractivity contribution in [3.05, 3.63) is 29.8 Å². The monoisotopic (exact) mass is 508 g/mol. The molecule has 0 heterocycles. The van der Waals surface area contributed by atoms with Crippen LogP contribution in [-0.2, 0) is 25.6 Å². The third kappa shape index (κ3) is 9.12. The zero-order valence-electron chi connectivity index (χ0n) is 21.5. The van der Waals surface area contributed by atoms with Crippen LogP contribution in [0.1, 0.15) is 53.0 Å². The number of aliphatic hydroxyl groups is 1. The molecule has 0 aromatic heterocycles. The number of aliphatic carboxylic acids is 1. The molecule has 0 aliphatic heterocycles. The fourth-order valence-electron chi connectivity index (χ4n) is 3.44. The van der Waals surface area contributed by atoms with Gasteiger partial charge in [0.2, 0.25) is 17.7 Å². The van der Waals surface area contributed by atoms with Crippen LogP contribution in [0.25, 0.3) is 0 Å². The molecule has 11 heteroatoms. The first-order valence-corrected chi connectivity index (χ1v) is 12.2. The molecule has 7 unspecified atom stereocenters. The summed E-state index contributed by atoms with van der Waals surface area (Å²) in [6, 6.07) is 1.26. The lowest BCUT2D eigenvalue weighted by Gasteiger charge is -2.28. The number of benzene rings is 1. The fourth-order valence-corrected chi connectivity index (χ4v) is 3.44. The van der Waals surface area contributed by atoms with Crippen LogP contribution < -0.4 is 21.7 Å². The summed E-state index contributed by atoms with van der Waals surface area (Å²) < 4.78 is 0. The van der Waals surface area contributed by atoms with Gasteiger partial charge in [0.15, 0.2) is 0 Å². The second kappa shape index (κ2) is 14.4. The van der Waals surface area contributed by atoms with Crippen molar-refractivity contribution in [1.82, 2.24) is 16.0 Å². The molecule has 0 fully saturated rings. The molecule has 0 spiro atoms. The predicted octanol–water partition coefficient (Wildman–Crippen LogP) is 0.274. The molecule has 7 atom stereocenters. The number of carbonyl (C=O) groups is 4. The number of hydrogen-bond acceptors (Lipinski definition) is 7. The number of phenolic OH excluding ortho intramolecular Hbond substituents is 1. The summed E-state index contributed by atoms with van der Waals surface area (Å²) in [5.41, 5.74) is 6.53. The Morgan fingerprint density at radius 1 is 0.833 bits per heavy atom. The zero-order chi connectivity index (χ0) is 27.6. The van der Waals surface area contributed by atoms with Gasteiger partial charge in [-0.05, 0) is 36.5 Å². The van der Waals surface area contributed by atoms with Gasteiger partial charge in [-0.3, -0.25) is 14.4 Å². The van der Waals surface area contributed by atoms with Gasteiger partial charge in [-0.1, -0.05) is 52.7 Å². The van der Waals surface area contributed by atoms with E-state index in [1.165, 1.54) is 19.1 Å². The number of hydrogen-bond donors (Lipinski definition) is 7. The van der Waals surface area contributed by atoms with Gasteiger partial charge in [0.05, 0.1) is 12.1 Å². The summed E-state index contributed by atoms with van der Waals surface area (Å²) in [5, 5.41) is 36.7. The number of aliphatic hydroxyl groups excluding tert-OH is 1. The zero-order valence-corrected chi connectivity index (χ0v) is 21.5. The molecule has 0 saturated carbocycles. The molecule has 1 aromatic rings. The molecule has 1 aromatic carbocycles. The Bertz CT molecular complexity index is 891. The van der Waals surface area contributed by atoms with Crippen LogP contribution in [0.4, 0.5) is 0 Å².